The van der Waals surface area contributed by atoms with Crippen molar-refractivity contribution in [3.63, 3.8) is 0 Å². The molecular weight excluding hydrogens is 276 g/mol. The fraction of sp³-hybridized carbons (Fsp3) is 0.455. The van der Waals surface area contributed by atoms with E-state index in [-0.39, 0.29) is 17.1 Å². The van der Waals surface area contributed by atoms with E-state index in [1.54, 1.807) is 13.8 Å². The summed E-state index contributed by atoms with van der Waals surface area (Å²) in [6.07, 6.45) is -0.228. The summed E-state index contributed by atoms with van der Waals surface area (Å²) in [6, 6.07) is 2.82. The molecule has 0 saturated heterocycles. The van der Waals surface area contributed by atoms with E-state index in [0.717, 1.165) is 0 Å². The Bertz CT molecular complexity index is 531. The van der Waals surface area contributed by atoms with Gasteiger partial charge in [-0.3, -0.25) is 0 Å². The third-order valence-corrected chi connectivity index (χ3v) is 4.46. The highest BCUT2D eigenvalue weighted by Crippen LogP contribution is 2.25. The molecule has 0 heterocycles. The van der Waals surface area contributed by atoms with Crippen molar-refractivity contribution in [3.05, 3.63) is 22.7 Å². The lowest BCUT2D eigenvalue weighted by molar-refractivity contribution is 0.174. The van der Waals surface area contributed by atoms with E-state index in [4.69, 9.17) is 17.3 Å². The Morgan fingerprint density at radius 1 is 1.50 bits per heavy atom. The van der Waals surface area contributed by atoms with E-state index >= 15 is 0 Å². The summed E-state index contributed by atoms with van der Waals surface area (Å²) < 4.78 is 26.4. The number of sulfonamides is 1. The summed E-state index contributed by atoms with van der Waals surface area (Å²) in [6.45, 7) is 3.38. The normalized spacial score (nSPS) is 13.6. The minimum Gasteiger partial charge on any atom is -0.397 e. The van der Waals surface area contributed by atoms with Crippen LogP contribution in [-0.4, -0.2) is 26.2 Å². The quantitative estimate of drug-likeness (QED) is 0.713. The van der Waals surface area contributed by atoms with E-state index in [0.29, 0.717) is 17.0 Å². The van der Waals surface area contributed by atoms with Crippen LogP contribution in [0.2, 0.25) is 5.02 Å². The number of anilines is 1. The number of halogens is 1. The topological polar surface area (TPSA) is 92.4 Å². The first-order valence-electron chi connectivity index (χ1n) is 5.51. The highest BCUT2D eigenvalue weighted by Gasteiger charge is 2.19. The summed E-state index contributed by atoms with van der Waals surface area (Å²) >= 11 is 5.81. The van der Waals surface area contributed by atoms with Gasteiger partial charge in [-0.2, -0.15) is 0 Å². The van der Waals surface area contributed by atoms with Gasteiger partial charge in [0, 0.05) is 6.54 Å². The average molecular weight is 293 g/mol. The molecule has 5 nitrogen and oxygen atoms in total. The molecule has 0 amide bonds. The third kappa shape index (κ3) is 3.58. The molecule has 0 aliphatic carbocycles. The molecule has 1 aromatic carbocycles. The van der Waals surface area contributed by atoms with Gasteiger partial charge in [-0.05, 0) is 31.0 Å². The number of aliphatic hydroxyl groups is 1. The van der Waals surface area contributed by atoms with Crippen LogP contribution >= 0.6 is 11.6 Å². The highest BCUT2D eigenvalue weighted by molar-refractivity contribution is 7.89. The van der Waals surface area contributed by atoms with Gasteiger partial charge >= 0.3 is 0 Å². The van der Waals surface area contributed by atoms with Crippen molar-refractivity contribution in [2.75, 3.05) is 12.3 Å². The molecule has 0 saturated carbocycles. The van der Waals surface area contributed by atoms with Gasteiger partial charge in [-0.15, -0.1) is 0 Å². The molecule has 102 valence electrons. The van der Waals surface area contributed by atoms with Crippen molar-refractivity contribution in [3.8, 4) is 0 Å². The van der Waals surface area contributed by atoms with Gasteiger partial charge in [-0.25, -0.2) is 13.1 Å². The second-order valence-electron chi connectivity index (χ2n) is 4.05. The number of nitrogen functional groups attached to an aromatic ring is 1. The highest BCUT2D eigenvalue weighted by atomic mass is 35.5. The predicted octanol–water partition coefficient (Wildman–Crippen LogP) is 1.28. The van der Waals surface area contributed by atoms with Gasteiger partial charge in [0.05, 0.1) is 21.7 Å². The zero-order chi connectivity index (χ0) is 13.9. The van der Waals surface area contributed by atoms with E-state index in [1.165, 1.54) is 12.1 Å². The van der Waals surface area contributed by atoms with Crippen molar-refractivity contribution in [2.45, 2.75) is 31.3 Å². The smallest absolute Gasteiger partial charge is 0.240 e. The molecule has 0 aliphatic heterocycles. The Morgan fingerprint density at radius 2 is 2.11 bits per heavy atom. The minimum absolute atomic E-state index is 0.0270. The molecule has 4 N–H and O–H groups in total. The SMILES string of the molecule is CCC(O)CNS(=O)(=O)c1cc(N)c(Cl)cc1C. The van der Waals surface area contributed by atoms with Crippen LogP contribution in [0.1, 0.15) is 18.9 Å². The first-order valence-corrected chi connectivity index (χ1v) is 7.37. The number of hydrogen-bond donors (Lipinski definition) is 3. The lowest BCUT2D eigenvalue weighted by Crippen LogP contribution is -2.32. The van der Waals surface area contributed by atoms with E-state index in [2.05, 4.69) is 4.72 Å². The van der Waals surface area contributed by atoms with Crippen LogP contribution in [-0.2, 0) is 10.0 Å². The average Bonchev–Trinajstić information content (AvgIpc) is 2.30. The molecule has 1 unspecified atom stereocenters. The van der Waals surface area contributed by atoms with E-state index in [9.17, 15) is 13.5 Å². The van der Waals surface area contributed by atoms with Crippen molar-refractivity contribution in [1.82, 2.24) is 4.72 Å². The van der Waals surface area contributed by atoms with Gasteiger partial charge in [0.1, 0.15) is 0 Å². The molecule has 0 radical (unpaired) electrons. The molecule has 1 aromatic rings. The van der Waals surface area contributed by atoms with Crippen LogP contribution < -0.4 is 10.5 Å². The number of aryl methyl sites for hydroxylation is 1. The standard InChI is InChI=1S/C11H17ClN2O3S/c1-3-8(15)6-14-18(16,17)11-5-10(13)9(12)4-7(11)2/h4-5,8,14-15H,3,6,13H2,1-2H3. The zero-order valence-corrected chi connectivity index (χ0v) is 11.8. The molecule has 1 rings (SSSR count). The summed E-state index contributed by atoms with van der Waals surface area (Å²) in [5.74, 6) is 0. The van der Waals surface area contributed by atoms with Crippen molar-refractivity contribution < 1.29 is 13.5 Å². The summed E-state index contributed by atoms with van der Waals surface area (Å²) in [5, 5.41) is 9.68. The first kappa shape index (κ1) is 15.2. The van der Waals surface area contributed by atoms with E-state index in [1.807, 2.05) is 0 Å². The number of nitrogens with one attached hydrogen (secondary N) is 1. The molecule has 0 fully saturated rings. The minimum atomic E-state index is -3.68. The second-order valence-corrected chi connectivity index (χ2v) is 6.20. The van der Waals surface area contributed by atoms with Crippen molar-refractivity contribution in [2.24, 2.45) is 0 Å². The summed E-state index contributed by atoms with van der Waals surface area (Å²) in [4.78, 5) is 0.0766. The van der Waals surface area contributed by atoms with Gasteiger partial charge < -0.3 is 10.8 Å². The zero-order valence-electron chi connectivity index (χ0n) is 10.3. The first-order chi connectivity index (χ1) is 8.27. The van der Waals surface area contributed by atoms with Crippen molar-refractivity contribution in [1.29, 1.82) is 0 Å². The number of benzene rings is 1. The maximum absolute atomic E-state index is 12.0. The van der Waals surface area contributed by atoms with Crippen LogP contribution in [0.4, 0.5) is 5.69 Å². The van der Waals surface area contributed by atoms with Crippen LogP contribution in [0.15, 0.2) is 17.0 Å². The molecule has 0 spiro atoms. The Balaban J connectivity index is 3.02. The number of rotatable bonds is 5. The predicted molar refractivity (Wildman–Crippen MR) is 72.1 cm³/mol. The molecule has 0 aromatic heterocycles. The largest absolute Gasteiger partial charge is 0.397 e. The lowest BCUT2D eigenvalue weighted by atomic mass is 10.2. The third-order valence-electron chi connectivity index (χ3n) is 2.56. The van der Waals surface area contributed by atoms with Crippen LogP contribution in [0.25, 0.3) is 0 Å². The lowest BCUT2D eigenvalue weighted by Gasteiger charge is -2.13. The van der Waals surface area contributed by atoms with E-state index < -0.39 is 16.1 Å². The van der Waals surface area contributed by atoms with Crippen LogP contribution in [0, 0.1) is 6.92 Å². The number of hydrogen-bond acceptors (Lipinski definition) is 4. The monoisotopic (exact) mass is 292 g/mol. The fourth-order valence-electron chi connectivity index (χ4n) is 1.39. The maximum atomic E-state index is 12.0. The van der Waals surface area contributed by atoms with Crippen molar-refractivity contribution >= 4 is 27.3 Å². The molecular formula is C11H17ClN2O3S. The molecule has 0 aliphatic rings. The Labute approximate surface area is 112 Å². The summed E-state index contributed by atoms with van der Waals surface area (Å²) in [5.41, 5.74) is 6.31. The van der Waals surface area contributed by atoms with Crippen LogP contribution in [0.3, 0.4) is 0 Å². The Kier molecular flexibility index (Phi) is 4.98. The fourth-order valence-corrected chi connectivity index (χ4v) is 2.94. The maximum Gasteiger partial charge on any atom is 0.240 e. The number of aliphatic hydroxyl groups excluding tert-OH is 1. The van der Waals surface area contributed by atoms with Gasteiger partial charge in [0.15, 0.2) is 0 Å². The van der Waals surface area contributed by atoms with Crippen LogP contribution in [0.5, 0.6) is 0 Å². The second kappa shape index (κ2) is 5.88. The number of nitrogens with two attached hydrogens (primary N) is 1. The van der Waals surface area contributed by atoms with Gasteiger partial charge in [0.25, 0.3) is 0 Å². The van der Waals surface area contributed by atoms with Gasteiger partial charge in [0.2, 0.25) is 10.0 Å². The Morgan fingerprint density at radius 3 is 2.67 bits per heavy atom. The summed E-state index contributed by atoms with van der Waals surface area (Å²) in [7, 11) is -3.68. The molecule has 7 heteroatoms. The van der Waals surface area contributed by atoms with Gasteiger partial charge in [-0.1, -0.05) is 18.5 Å². The Hall–Kier alpha value is -0.820. The molecule has 18 heavy (non-hydrogen) atoms. The molecule has 0 bridgehead atoms. The molecule has 1 atom stereocenters.